The van der Waals surface area contributed by atoms with Crippen LogP contribution in [0.15, 0.2) is 24.3 Å². The van der Waals surface area contributed by atoms with Crippen LogP contribution in [0.4, 0.5) is 0 Å². The number of hydrogen-bond acceptors (Lipinski definition) is 7. The van der Waals surface area contributed by atoms with E-state index in [9.17, 15) is 20.1 Å². The summed E-state index contributed by atoms with van der Waals surface area (Å²) in [5.41, 5.74) is 1.27. The zero-order chi connectivity index (χ0) is 16.0. The minimum atomic E-state index is -1.75. The van der Waals surface area contributed by atoms with E-state index in [1.165, 1.54) is 0 Å². The van der Waals surface area contributed by atoms with Gasteiger partial charge in [0.25, 0.3) is 0 Å². The molecule has 1 aromatic carbocycles. The van der Waals surface area contributed by atoms with Gasteiger partial charge < -0.3 is 30.3 Å². The summed E-state index contributed by atoms with van der Waals surface area (Å²) in [6.07, 6.45) is -6.68. The highest BCUT2D eigenvalue weighted by atomic mass is 16.5. The minimum Gasteiger partial charge on any atom is -0.459 e. The van der Waals surface area contributed by atoms with Crippen LogP contribution in [0.1, 0.15) is 15.9 Å². The van der Waals surface area contributed by atoms with Gasteiger partial charge in [-0.1, -0.05) is 17.7 Å². The molecule has 0 saturated heterocycles. The Morgan fingerprint density at radius 3 is 2.10 bits per heavy atom. The smallest absolute Gasteiger partial charge is 0.338 e. The molecule has 0 aliphatic heterocycles. The molecule has 7 nitrogen and oxygen atoms in total. The van der Waals surface area contributed by atoms with Gasteiger partial charge in [0, 0.05) is 0 Å². The molecule has 0 unspecified atom stereocenters. The number of carbonyl (C=O) groups is 1. The number of benzene rings is 1. The second-order valence-corrected chi connectivity index (χ2v) is 4.76. The lowest BCUT2D eigenvalue weighted by Gasteiger charge is -2.25. The Morgan fingerprint density at radius 2 is 1.57 bits per heavy atom. The van der Waals surface area contributed by atoms with Crippen LogP contribution in [0.5, 0.6) is 0 Å². The van der Waals surface area contributed by atoms with Gasteiger partial charge in [-0.3, -0.25) is 0 Å². The third-order valence-electron chi connectivity index (χ3n) is 3.00. The van der Waals surface area contributed by atoms with Gasteiger partial charge in [0.15, 0.2) is 0 Å². The molecule has 0 bridgehead atoms. The van der Waals surface area contributed by atoms with E-state index in [0.29, 0.717) is 5.56 Å². The first-order chi connectivity index (χ1) is 9.86. The van der Waals surface area contributed by atoms with Crippen LogP contribution in [0.3, 0.4) is 0 Å². The molecule has 0 fully saturated rings. The molecule has 1 aromatic rings. The fraction of sp³-hybridized carbons (Fsp3) is 0.500. The van der Waals surface area contributed by atoms with E-state index in [4.69, 9.17) is 14.9 Å². The number of hydrogen-bond donors (Lipinski definition) is 5. The van der Waals surface area contributed by atoms with Crippen molar-refractivity contribution in [3.8, 4) is 0 Å². The summed E-state index contributed by atoms with van der Waals surface area (Å²) < 4.78 is 4.81. The van der Waals surface area contributed by atoms with Gasteiger partial charge in [-0.2, -0.15) is 0 Å². The molecule has 1 rings (SSSR count). The number of rotatable bonds is 7. The van der Waals surface area contributed by atoms with E-state index in [0.717, 1.165) is 5.56 Å². The summed E-state index contributed by atoms with van der Waals surface area (Å²) in [7, 11) is 0. The van der Waals surface area contributed by atoms with E-state index in [-0.39, 0.29) is 0 Å². The maximum absolute atomic E-state index is 11.7. The van der Waals surface area contributed by atoms with Crippen molar-refractivity contribution >= 4 is 5.97 Å². The first kappa shape index (κ1) is 17.5. The van der Waals surface area contributed by atoms with E-state index in [1.54, 1.807) is 24.3 Å². The predicted molar refractivity (Wildman–Crippen MR) is 72.6 cm³/mol. The van der Waals surface area contributed by atoms with Crippen molar-refractivity contribution in [2.45, 2.75) is 31.3 Å². The summed E-state index contributed by atoms with van der Waals surface area (Å²) in [6, 6.07) is 6.57. The molecule has 0 saturated carbocycles. The SMILES string of the molecule is Cc1ccc(C(=O)OC[C@@H](O)[C@@H](O)[C@H](O)[C@@H](O)CO)cc1. The van der Waals surface area contributed by atoms with Crippen molar-refractivity contribution < 1.29 is 35.1 Å². The summed E-state index contributed by atoms with van der Waals surface area (Å²) >= 11 is 0. The van der Waals surface area contributed by atoms with Crippen LogP contribution >= 0.6 is 0 Å². The molecule has 0 amide bonds. The molecule has 0 heterocycles. The molecule has 0 radical (unpaired) electrons. The largest absolute Gasteiger partial charge is 0.459 e. The summed E-state index contributed by atoms with van der Waals surface area (Å²) in [4.78, 5) is 11.7. The number of esters is 1. The molecule has 7 heteroatoms. The average Bonchev–Trinajstić information content (AvgIpc) is 2.50. The Labute approximate surface area is 122 Å². The Hall–Kier alpha value is -1.51. The van der Waals surface area contributed by atoms with Crippen molar-refractivity contribution in [2.24, 2.45) is 0 Å². The van der Waals surface area contributed by atoms with Crippen LogP contribution in [-0.2, 0) is 4.74 Å². The van der Waals surface area contributed by atoms with Crippen molar-refractivity contribution in [1.82, 2.24) is 0 Å². The molecule has 0 aromatic heterocycles. The average molecular weight is 300 g/mol. The van der Waals surface area contributed by atoms with Crippen molar-refractivity contribution in [1.29, 1.82) is 0 Å². The highest BCUT2D eigenvalue weighted by molar-refractivity contribution is 5.89. The van der Waals surface area contributed by atoms with Crippen molar-refractivity contribution in [2.75, 3.05) is 13.2 Å². The lowest BCUT2D eigenvalue weighted by atomic mass is 10.0. The molecular formula is C14H20O7. The summed E-state index contributed by atoms with van der Waals surface area (Å²) in [5, 5.41) is 46.3. The summed E-state index contributed by atoms with van der Waals surface area (Å²) in [6.45, 7) is 0.542. The van der Waals surface area contributed by atoms with Crippen LogP contribution in [0.25, 0.3) is 0 Å². The number of carbonyl (C=O) groups excluding carboxylic acids is 1. The highest BCUT2D eigenvalue weighted by Crippen LogP contribution is 2.08. The van der Waals surface area contributed by atoms with Gasteiger partial charge in [-0.15, -0.1) is 0 Å². The molecule has 21 heavy (non-hydrogen) atoms. The molecule has 5 N–H and O–H groups in total. The third-order valence-corrected chi connectivity index (χ3v) is 3.00. The zero-order valence-corrected chi connectivity index (χ0v) is 11.6. The number of aliphatic hydroxyl groups is 5. The van der Waals surface area contributed by atoms with Crippen LogP contribution in [-0.4, -0.2) is 69.1 Å². The molecule has 0 aliphatic rings. The fourth-order valence-corrected chi connectivity index (χ4v) is 1.60. The molecule has 0 aliphatic carbocycles. The Morgan fingerprint density at radius 1 is 1.05 bits per heavy atom. The molecule has 118 valence electrons. The molecular weight excluding hydrogens is 280 g/mol. The second kappa shape index (κ2) is 8.06. The topological polar surface area (TPSA) is 127 Å². The van der Waals surface area contributed by atoms with Crippen LogP contribution in [0, 0.1) is 6.92 Å². The van der Waals surface area contributed by atoms with E-state index < -0.39 is 43.6 Å². The zero-order valence-electron chi connectivity index (χ0n) is 11.6. The molecule has 4 atom stereocenters. The number of aliphatic hydroxyl groups excluding tert-OH is 5. The van der Waals surface area contributed by atoms with Crippen LogP contribution < -0.4 is 0 Å². The van der Waals surface area contributed by atoms with Crippen LogP contribution in [0.2, 0.25) is 0 Å². The van der Waals surface area contributed by atoms with Crippen molar-refractivity contribution in [3.05, 3.63) is 35.4 Å². The quantitative estimate of drug-likeness (QED) is 0.391. The Balaban J connectivity index is 2.50. The first-order valence-electron chi connectivity index (χ1n) is 6.43. The monoisotopic (exact) mass is 300 g/mol. The van der Waals surface area contributed by atoms with Crippen molar-refractivity contribution in [3.63, 3.8) is 0 Å². The fourth-order valence-electron chi connectivity index (χ4n) is 1.60. The standard InChI is InChI=1S/C14H20O7/c1-8-2-4-9(5-3-8)14(20)21-7-11(17)13(19)12(18)10(16)6-15/h2-5,10-13,15-19H,6-7H2,1H3/t10-,11+,12+,13+/m0/s1. The predicted octanol–water partition coefficient (Wildman–Crippen LogP) is -1.41. The number of aryl methyl sites for hydroxylation is 1. The summed E-state index contributed by atoms with van der Waals surface area (Å²) in [5.74, 6) is -0.682. The van der Waals surface area contributed by atoms with Gasteiger partial charge in [-0.05, 0) is 19.1 Å². The highest BCUT2D eigenvalue weighted by Gasteiger charge is 2.30. The van der Waals surface area contributed by atoms with Gasteiger partial charge in [0.2, 0.25) is 0 Å². The first-order valence-corrected chi connectivity index (χ1v) is 6.43. The van der Waals surface area contributed by atoms with Gasteiger partial charge in [0.1, 0.15) is 31.0 Å². The molecule has 0 spiro atoms. The van der Waals surface area contributed by atoms with Gasteiger partial charge in [0.05, 0.1) is 12.2 Å². The van der Waals surface area contributed by atoms with E-state index in [1.807, 2.05) is 6.92 Å². The van der Waals surface area contributed by atoms with E-state index >= 15 is 0 Å². The maximum Gasteiger partial charge on any atom is 0.338 e. The second-order valence-electron chi connectivity index (χ2n) is 4.76. The lowest BCUT2D eigenvalue weighted by Crippen LogP contribution is -2.47. The minimum absolute atomic E-state index is 0.290. The number of ether oxygens (including phenoxy) is 1. The van der Waals surface area contributed by atoms with Gasteiger partial charge >= 0.3 is 5.97 Å². The maximum atomic E-state index is 11.7. The normalized spacial score (nSPS) is 16.9. The van der Waals surface area contributed by atoms with Gasteiger partial charge in [-0.25, -0.2) is 4.79 Å². The lowest BCUT2D eigenvalue weighted by molar-refractivity contribution is -0.124. The Kier molecular flexibility index (Phi) is 6.73. The van der Waals surface area contributed by atoms with E-state index in [2.05, 4.69) is 0 Å². The Bertz CT molecular complexity index is 445. The third kappa shape index (κ3) is 5.07.